The summed E-state index contributed by atoms with van der Waals surface area (Å²) in [7, 11) is -4.88. The largest absolute Gasteiger partial charge is 0.395 e. The summed E-state index contributed by atoms with van der Waals surface area (Å²) >= 11 is 0. The van der Waals surface area contributed by atoms with E-state index in [1.54, 1.807) is 0 Å². The summed E-state index contributed by atoms with van der Waals surface area (Å²) in [5.74, 6) is -2.39. The van der Waals surface area contributed by atoms with Gasteiger partial charge >= 0.3 is 13.3 Å². The van der Waals surface area contributed by atoms with Crippen molar-refractivity contribution in [2.45, 2.75) is 24.9 Å². The molecule has 1 unspecified atom stereocenters. The second kappa shape index (κ2) is 6.77. The summed E-state index contributed by atoms with van der Waals surface area (Å²) in [6, 6.07) is -0.906. The number of alkyl halides is 1. The molecule has 128 valence electrons. The lowest BCUT2D eigenvalue weighted by Crippen LogP contribution is -2.34. The highest BCUT2D eigenvalue weighted by molar-refractivity contribution is 7.52. The van der Waals surface area contributed by atoms with E-state index >= 15 is 0 Å². The number of aliphatic hydroxyl groups is 1. The minimum atomic E-state index is -4.88. The van der Waals surface area contributed by atoms with Crippen molar-refractivity contribution in [1.82, 2.24) is 20.3 Å². The number of aliphatic hydroxyl groups excluding tert-OH is 1. The van der Waals surface area contributed by atoms with Crippen LogP contribution in [0, 0.1) is 0 Å². The molecule has 0 aromatic carbocycles. The average Bonchev–Trinajstić information content (AvgIpc) is 2.85. The third-order valence-electron chi connectivity index (χ3n) is 3.30. The van der Waals surface area contributed by atoms with Crippen LogP contribution >= 0.6 is 7.60 Å². The molecule has 23 heavy (non-hydrogen) atoms. The molecule has 2 rings (SSSR count). The first-order valence-electron chi connectivity index (χ1n) is 6.58. The predicted octanol–water partition coefficient (Wildman–Crippen LogP) is -1.14. The van der Waals surface area contributed by atoms with Gasteiger partial charge in [0, 0.05) is 30.8 Å². The Morgan fingerprint density at radius 3 is 2.57 bits per heavy atom. The zero-order chi connectivity index (χ0) is 17.2. The third-order valence-corrected chi connectivity index (χ3v) is 4.24. The van der Waals surface area contributed by atoms with Crippen molar-refractivity contribution in [3.63, 3.8) is 0 Å². The predicted molar refractivity (Wildman–Crippen MR) is 78.8 cm³/mol. The van der Waals surface area contributed by atoms with Crippen molar-refractivity contribution in [2.75, 3.05) is 6.61 Å². The van der Waals surface area contributed by atoms with Crippen molar-refractivity contribution >= 4 is 18.6 Å². The molecule has 2 atom stereocenters. The molecule has 0 radical (unpaired) electrons. The van der Waals surface area contributed by atoms with Crippen molar-refractivity contribution in [3.8, 4) is 0 Å². The average molecular weight is 350 g/mol. The second-order valence-electron chi connectivity index (χ2n) is 4.99. The van der Waals surface area contributed by atoms with Crippen LogP contribution in [0.4, 0.5) is 4.39 Å². The van der Waals surface area contributed by atoms with Crippen LogP contribution in [0.5, 0.6) is 0 Å². The van der Waals surface area contributed by atoms with Crippen LogP contribution in [0.25, 0.3) is 11.0 Å². The first-order chi connectivity index (χ1) is 10.7. The van der Waals surface area contributed by atoms with Gasteiger partial charge in [-0.1, -0.05) is 0 Å². The van der Waals surface area contributed by atoms with Crippen LogP contribution in [-0.4, -0.2) is 48.4 Å². The second-order valence-corrected chi connectivity index (χ2v) is 6.73. The van der Waals surface area contributed by atoms with Gasteiger partial charge in [-0.3, -0.25) is 14.3 Å². The first-order valence-corrected chi connectivity index (χ1v) is 8.26. The van der Waals surface area contributed by atoms with E-state index in [1.165, 1.54) is 6.20 Å². The molecule has 0 amide bonds. The topological polar surface area (TPSA) is 171 Å². The van der Waals surface area contributed by atoms with E-state index in [4.69, 9.17) is 14.9 Å². The number of fused-ring (bicyclic) bond motifs is 1. The molecule has 2 heterocycles. The van der Waals surface area contributed by atoms with Gasteiger partial charge in [-0.25, -0.2) is 9.18 Å². The molecule has 0 saturated heterocycles. The molecule has 2 aromatic rings. The van der Waals surface area contributed by atoms with Gasteiger partial charge in [0.2, 0.25) is 5.91 Å². The quantitative estimate of drug-likeness (QED) is 0.309. The summed E-state index contributed by atoms with van der Waals surface area (Å²) < 4.78 is 24.2. The summed E-state index contributed by atoms with van der Waals surface area (Å²) in [5, 5.41) is 11.9. The summed E-state index contributed by atoms with van der Waals surface area (Å²) in [6.07, 6.45) is 0.868. The lowest BCUT2D eigenvalue weighted by Gasteiger charge is -2.19. The van der Waals surface area contributed by atoms with Crippen LogP contribution in [0.3, 0.4) is 0 Å². The maximum atomic E-state index is 13.4. The summed E-state index contributed by atoms with van der Waals surface area (Å²) in [5.41, 5.74) is -0.394. The minimum Gasteiger partial charge on any atom is -0.395 e. The van der Waals surface area contributed by atoms with Crippen LogP contribution in [0.2, 0.25) is 0 Å². The molecule has 0 fully saturated rings. The van der Waals surface area contributed by atoms with Crippen LogP contribution < -0.4 is 16.6 Å². The summed E-state index contributed by atoms with van der Waals surface area (Å²) in [4.78, 5) is 47.5. The molecule has 0 spiro atoms. The van der Waals surface area contributed by atoms with E-state index in [0.717, 1.165) is 0 Å². The Kier molecular flexibility index (Phi) is 5.17. The zero-order valence-electron chi connectivity index (χ0n) is 11.7. The van der Waals surface area contributed by atoms with Crippen LogP contribution in [-0.2, 0) is 11.1 Å². The lowest BCUT2D eigenvalue weighted by molar-refractivity contribution is 0.206. The van der Waals surface area contributed by atoms with E-state index in [0.29, 0.717) is 5.56 Å². The standard InChI is InChI=1S/C11H16FN4O6P/c12-7(23(20,21)22)1-6(4-17)13-2-5-3-14-9-8(5)15-11(19)16-10(9)18/h3,6-7,13-14,17H,1-2,4H2,(H2,20,21,22)(H2,15,16,18,19)/t6-,7?/m0/s1. The van der Waals surface area contributed by atoms with Gasteiger partial charge in [0.15, 0.2) is 0 Å². The molecule has 0 aliphatic rings. The lowest BCUT2D eigenvalue weighted by atomic mass is 10.2. The normalized spacial score (nSPS) is 15.0. The molecular weight excluding hydrogens is 334 g/mol. The zero-order valence-corrected chi connectivity index (χ0v) is 12.6. The number of hydrogen-bond acceptors (Lipinski definition) is 5. The van der Waals surface area contributed by atoms with Crippen molar-refractivity contribution < 1.29 is 23.8 Å². The molecule has 0 saturated carbocycles. The smallest absolute Gasteiger partial charge is 0.359 e. The van der Waals surface area contributed by atoms with Gasteiger partial charge in [-0.15, -0.1) is 0 Å². The Hall–Kier alpha value is -1.78. The van der Waals surface area contributed by atoms with Crippen LogP contribution in [0.15, 0.2) is 15.8 Å². The van der Waals surface area contributed by atoms with Gasteiger partial charge in [0.25, 0.3) is 5.56 Å². The van der Waals surface area contributed by atoms with E-state index in [9.17, 15) is 18.5 Å². The summed E-state index contributed by atoms with van der Waals surface area (Å²) in [6.45, 7) is -0.502. The first kappa shape index (κ1) is 17.6. The highest BCUT2D eigenvalue weighted by Gasteiger charge is 2.31. The van der Waals surface area contributed by atoms with Gasteiger partial charge in [-0.05, 0) is 0 Å². The van der Waals surface area contributed by atoms with Gasteiger partial charge in [-0.2, -0.15) is 0 Å². The number of nitrogens with one attached hydrogen (secondary N) is 4. The minimum absolute atomic E-state index is 0.0402. The van der Waals surface area contributed by atoms with Crippen molar-refractivity contribution in [1.29, 1.82) is 0 Å². The van der Waals surface area contributed by atoms with Gasteiger partial charge in [0.05, 0.1) is 12.1 Å². The van der Waals surface area contributed by atoms with E-state index < -0.39 is 43.8 Å². The molecule has 0 aliphatic carbocycles. The highest BCUT2D eigenvalue weighted by atomic mass is 31.2. The number of aromatic amines is 3. The Morgan fingerprint density at radius 2 is 1.96 bits per heavy atom. The van der Waals surface area contributed by atoms with E-state index in [2.05, 4.69) is 20.3 Å². The maximum Gasteiger partial charge on any atom is 0.359 e. The molecule has 12 heteroatoms. The van der Waals surface area contributed by atoms with Crippen LogP contribution in [0.1, 0.15) is 12.0 Å². The van der Waals surface area contributed by atoms with Gasteiger partial charge < -0.3 is 30.2 Å². The fraction of sp³-hybridized carbons (Fsp3) is 0.455. The molecule has 10 nitrogen and oxygen atoms in total. The molecule has 2 aromatic heterocycles. The third kappa shape index (κ3) is 4.15. The SMILES string of the molecule is O=c1[nH]c(=O)c2[nH]cc(CN[C@H](CO)CC(F)P(=O)(O)O)c2[nH]1. The molecule has 0 bridgehead atoms. The number of H-pyrrole nitrogens is 3. The Labute approximate surface area is 127 Å². The number of hydrogen-bond donors (Lipinski definition) is 7. The monoisotopic (exact) mass is 350 g/mol. The Bertz CT molecular complexity index is 839. The number of rotatable bonds is 7. The highest BCUT2D eigenvalue weighted by Crippen LogP contribution is 2.44. The van der Waals surface area contributed by atoms with Crippen molar-refractivity contribution in [2.24, 2.45) is 0 Å². The Balaban J connectivity index is 2.12. The number of aromatic nitrogens is 3. The number of halogens is 1. The van der Waals surface area contributed by atoms with Crippen molar-refractivity contribution in [3.05, 3.63) is 32.6 Å². The molecular formula is C11H16FN4O6P. The Morgan fingerprint density at radius 1 is 1.26 bits per heavy atom. The maximum absolute atomic E-state index is 13.4. The van der Waals surface area contributed by atoms with Gasteiger partial charge in [0.1, 0.15) is 5.52 Å². The van der Waals surface area contributed by atoms with E-state index in [-0.39, 0.29) is 17.6 Å². The molecule has 7 N–H and O–H groups in total. The van der Waals surface area contributed by atoms with E-state index in [1.807, 2.05) is 0 Å². The molecule has 0 aliphatic heterocycles. The fourth-order valence-electron chi connectivity index (χ4n) is 2.08. The fourth-order valence-corrected chi connectivity index (χ4v) is 2.61.